The van der Waals surface area contributed by atoms with Crippen LogP contribution in [0.4, 0.5) is 0 Å². The fourth-order valence-electron chi connectivity index (χ4n) is 3.29. The van der Waals surface area contributed by atoms with E-state index in [4.69, 9.17) is 11.6 Å². The number of aromatic amines is 1. The number of imidazole rings is 1. The van der Waals surface area contributed by atoms with Gasteiger partial charge in [0.15, 0.2) is 0 Å². The van der Waals surface area contributed by atoms with Crippen molar-refractivity contribution in [1.82, 2.24) is 19.7 Å². The molecule has 1 aromatic carbocycles. The summed E-state index contributed by atoms with van der Waals surface area (Å²) in [5.41, 5.74) is 4.37. The van der Waals surface area contributed by atoms with Crippen molar-refractivity contribution in [3.05, 3.63) is 70.8 Å². The molecule has 4 rings (SSSR count). The summed E-state index contributed by atoms with van der Waals surface area (Å²) in [4.78, 5) is 20.6. The van der Waals surface area contributed by atoms with Crippen LogP contribution in [-0.4, -0.2) is 26.8 Å². The lowest BCUT2D eigenvalue weighted by Crippen LogP contribution is -2.27. The highest BCUT2D eigenvalue weighted by atomic mass is 35.5. The third kappa shape index (κ3) is 2.95. The van der Waals surface area contributed by atoms with E-state index >= 15 is 0 Å². The molecule has 0 spiro atoms. The van der Waals surface area contributed by atoms with E-state index in [2.05, 4.69) is 21.4 Å². The number of H-pyrrole nitrogens is 1. The Morgan fingerprint density at radius 3 is 2.96 bits per heavy atom. The van der Waals surface area contributed by atoms with Gasteiger partial charge < -0.3 is 10.3 Å². The summed E-state index contributed by atoms with van der Waals surface area (Å²) in [5, 5.41) is 4.78. The number of nitrogens with zero attached hydrogens (tertiary/aromatic N) is 2. The smallest absolute Gasteiger partial charge is 0.270 e. The van der Waals surface area contributed by atoms with E-state index in [1.54, 1.807) is 16.7 Å². The Bertz CT molecular complexity index is 1100. The van der Waals surface area contributed by atoms with Crippen molar-refractivity contribution >= 4 is 34.1 Å². The number of amides is 1. The predicted molar refractivity (Wildman–Crippen MR) is 104 cm³/mol. The average molecular weight is 367 g/mol. The fraction of sp³-hybridized carbons (Fsp3) is 0.200. The molecule has 0 bridgehead atoms. The van der Waals surface area contributed by atoms with Crippen molar-refractivity contribution in [2.75, 3.05) is 6.54 Å². The molecule has 2 N–H and O–H groups in total. The van der Waals surface area contributed by atoms with Gasteiger partial charge in [-0.3, -0.25) is 9.20 Å². The van der Waals surface area contributed by atoms with E-state index < -0.39 is 0 Å². The van der Waals surface area contributed by atoms with Gasteiger partial charge in [0.25, 0.3) is 5.91 Å². The lowest BCUT2D eigenvalue weighted by molar-refractivity contribution is 0.0947. The number of carbonyl (C=O) groups is 1. The Morgan fingerprint density at radius 1 is 1.27 bits per heavy atom. The summed E-state index contributed by atoms with van der Waals surface area (Å²) >= 11 is 6.09. The van der Waals surface area contributed by atoms with Gasteiger partial charge in [0.2, 0.25) is 0 Å². The normalized spacial score (nSPS) is 11.3. The van der Waals surface area contributed by atoms with Gasteiger partial charge in [0, 0.05) is 29.8 Å². The molecule has 0 fully saturated rings. The standard InChI is InChI=1S/C20H19ClN4O/c1-2-16-19(25-12-14(21)7-8-18(25)24-16)20(26)22-10-9-13-11-23-17-6-4-3-5-15(13)17/h3-8,11-12,23H,2,9-10H2,1H3,(H,22,26). The number of aromatic nitrogens is 3. The Hall–Kier alpha value is -2.79. The van der Waals surface area contributed by atoms with E-state index in [0.29, 0.717) is 23.7 Å². The molecule has 0 aliphatic carbocycles. The molecule has 0 unspecified atom stereocenters. The van der Waals surface area contributed by atoms with Gasteiger partial charge in [0.1, 0.15) is 11.3 Å². The number of fused-ring (bicyclic) bond motifs is 2. The maximum absolute atomic E-state index is 12.8. The van der Waals surface area contributed by atoms with Crippen molar-refractivity contribution in [1.29, 1.82) is 0 Å². The Morgan fingerprint density at radius 2 is 2.12 bits per heavy atom. The molecule has 3 aromatic heterocycles. The van der Waals surface area contributed by atoms with Crippen LogP contribution in [0.1, 0.15) is 28.7 Å². The Labute approximate surface area is 156 Å². The number of halogens is 1. The maximum atomic E-state index is 12.8. The second-order valence-corrected chi connectivity index (χ2v) is 6.64. The molecule has 6 heteroatoms. The number of benzene rings is 1. The molecule has 132 valence electrons. The quantitative estimate of drug-likeness (QED) is 0.560. The van der Waals surface area contributed by atoms with Crippen molar-refractivity contribution in [3.63, 3.8) is 0 Å². The molecule has 4 aromatic rings. The van der Waals surface area contributed by atoms with Gasteiger partial charge in [-0.1, -0.05) is 36.7 Å². The summed E-state index contributed by atoms with van der Waals surface area (Å²) < 4.78 is 1.77. The van der Waals surface area contributed by atoms with Gasteiger partial charge in [-0.2, -0.15) is 0 Å². The zero-order valence-corrected chi connectivity index (χ0v) is 15.2. The first-order chi connectivity index (χ1) is 12.7. The molecular weight excluding hydrogens is 348 g/mol. The van der Waals surface area contributed by atoms with Crippen LogP contribution in [0.5, 0.6) is 0 Å². The van der Waals surface area contributed by atoms with Crippen LogP contribution >= 0.6 is 11.6 Å². The molecule has 0 saturated heterocycles. The van der Waals surface area contributed by atoms with E-state index in [9.17, 15) is 4.79 Å². The zero-order chi connectivity index (χ0) is 18.1. The second-order valence-electron chi connectivity index (χ2n) is 6.20. The van der Waals surface area contributed by atoms with Crippen molar-refractivity contribution in [2.24, 2.45) is 0 Å². The third-order valence-corrected chi connectivity index (χ3v) is 4.78. The van der Waals surface area contributed by atoms with Crippen molar-refractivity contribution < 1.29 is 4.79 Å². The minimum absolute atomic E-state index is 0.128. The topological polar surface area (TPSA) is 62.2 Å². The highest BCUT2D eigenvalue weighted by molar-refractivity contribution is 6.30. The number of aryl methyl sites for hydroxylation is 1. The van der Waals surface area contributed by atoms with Crippen molar-refractivity contribution in [3.8, 4) is 0 Å². The first-order valence-corrected chi connectivity index (χ1v) is 9.05. The maximum Gasteiger partial charge on any atom is 0.270 e. The minimum Gasteiger partial charge on any atom is -0.361 e. The monoisotopic (exact) mass is 366 g/mol. The largest absolute Gasteiger partial charge is 0.361 e. The van der Waals surface area contributed by atoms with Gasteiger partial charge in [-0.15, -0.1) is 0 Å². The summed E-state index contributed by atoms with van der Waals surface area (Å²) in [7, 11) is 0. The second kappa shape index (κ2) is 6.84. The lowest BCUT2D eigenvalue weighted by Gasteiger charge is -2.07. The van der Waals surface area contributed by atoms with Crippen molar-refractivity contribution in [2.45, 2.75) is 19.8 Å². The highest BCUT2D eigenvalue weighted by Crippen LogP contribution is 2.19. The summed E-state index contributed by atoms with van der Waals surface area (Å²) in [6.45, 7) is 2.55. The first-order valence-electron chi connectivity index (χ1n) is 8.67. The van der Waals surface area contributed by atoms with Crippen LogP contribution in [0.25, 0.3) is 16.6 Å². The fourth-order valence-corrected chi connectivity index (χ4v) is 3.45. The van der Waals surface area contributed by atoms with Crippen LogP contribution < -0.4 is 5.32 Å². The molecule has 1 amide bonds. The molecule has 3 heterocycles. The molecule has 0 aliphatic rings. The lowest BCUT2D eigenvalue weighted by atomic mass is 10.1. The molecule has 0 radical (unpaired) electrons. The van der Waals surface area contributed by atoms with E-state index in [1.807, 2.05) is 37.4 Å². The minimum atomic E-state index is -0.128. The van der Waals surface area contributed by atoms with E-state index in [0.717, 1.165) is 23.3 Å². The number of hydrogen-bond donors (Lipinski definition) is 2. The Balaban J connectivity index is 1.53. The molecule has 0 saturated carbocycles. The zero-order valence-electron chi connectivity index (χ0n) is 14.4. The van der Waals surface area contributed by atoms with Crippen LogP contribution in [0.3, 0.4) is 0 Å². The average Bonchev–Trinajstić information content (AvgIpc) is 3.22. The molecule has 0 aliphatic heterocycles. The third-order valence-electron chi connectivity index (χ3n) is 4.56. The highest BCUT2D eigenvalue weighted by Gasteiger charge is 2.18. The number of rotatable bonds is 5. The van der Waals surface area contributed by atoms with E-state index in [1.165, 1.54) is 10.9 Å². The van der Waals surface area contributed by atoms with Crippen LogP contribution in [0.2, 0.25) is 5.02 Å². The van der Waals surface area contributed by atoms with Crippen LogP contribution in [0.15, 0.2) is 48.8 Å². The van der Waals surface area contributed by atoms with Crippen LogP contribution in [-0.2, 0) is 12.8 Å². The van der Waals surface area contributed by atoms with Gasteiger partial charge in [0.05, 0.1) is 10.7 Å². The SMILES string of the molecule is CCc1nc2ccc(Cl)cn2c1C(=O)NCCc1c[nH]c2ccccc12. The number of nitrogens with one attached hydrogen (secondary N) is 2. The number of pyridine rings is 1. The van der Waals surface area contributed by atoms with Gasteiger partial charge >= 0.3 is 0 Å². The van der Waals surface area contributed by atoms with Gasteiger partial charge in [-0.25, -0.2) is 4.98 Å². The Kier molecular flexibility index (Phi) is 4.39. The summed E-state index contributed by atoms with van der Waals surface area (Å²) in [5.74, 6) is -0.128. The van der Waals surface area contributed by atoms with Crippen LogP contribution in [0, 0.1) is 0 Å². The molecule has 26 heavy (non-hydrogen) atoms. The summed E-state index contributed by atoms with van der Waals surface area (Å²) in [6.07, 6.45) is 5.18. The molecule has 0 atom stereocenters. The molecular formula is C20H19ClN4O. The first kappa shape index (κ1) is 16.7. The predicted octanol–water partition coefficient (Wildman–Crippen LogP) is 4.00. The molecule has 5 nitrogen and oxygen atoms in total. The number of para-hydroxylation sites is 1. The van der Waals surface area contributed by atoms with Gasteiger partial charge in [-0.05, 0) is 36.6 Å². The number of carbonyl (C=O) groups excluding carboxylic acids is 1. The van der Waals surface area contributed by atoms with E-state index in [-0.39, 0.29) is 5.91 Å². The number of hydrogen-bond acceptors (Lipinski definition) is 2. The summed E-state index contributed by atoms with van der Waals surface area (Å²) in [6, 6.07) is 11.8.